The third-order valence-electron chi connectivity index (χ3n) is 4.20. The molecule has 2 aromatic carbocycles. The van der Waals surface area contributed by atoms with Crippen molar-refractivity contribution in [1.82, 2.24) is 5.32 Å². The summed E-state index contributed by atoms with van der Waals surface area (Å²) in [5, 5.41) is 3.37. The van der Waals surface area contributed by atoms with Crippen molar-refractivity contribution in [2.45, 2.75) is 39.8 Å². The second-order valence-corrected chi connectivity index (χ2v) is 8.90. The maximum absolute atomic E-state index is 12.8. The van der Waals surface area contributed by atoms with Crippen LogP contribution in [0.4, 0.5) is 5.69 Å². The molecule has 0 fully saturated rings. The molecule has 0 aromatic heterocycles. The fourth-order valence-corrected chi connectivity index (χ4v) is 4.48. The van der Waals surface area contributed by atoms with Gasteiger partial charge in [-0.05, 0) is 55.2 Å². The summed E-state index contributed by atoms with van der Waals surface area (Å²) < 4.78 is 26.2. The Morgan fingerprint density at radius 2 is 1.74 bits per heavy atom. The van der Waals surface area contributed by atoms with Crippen LogP contribution in [0.25, 0.3) is 0 Å². The Balaban J connectivity index is 2.32. The van der Waals surface area contributed by atoms with E-state index in [1.807, 2.05) is 38.1 Å². The van der Waals surface area contributed by atoms with Crippen LogP contribution in [0.2, 0.25) is 5.02 Å². The molecule has 1 atom stereocenters. The van der Waals surface area contributed by atoms with Gasteiger partial charge in [0.2, 0.25) is 15.9 Å². The van der Waals surface area contributed by atoms with Crippen molar-refractivity contribution in [3.63, 3.8) is 0 Å². The second-order valence-electron chi connectivity index (χ2n) is 6.64. The highest BCUT2D eigenvalue weighted by molar-refractivity contribution is 7.92. The van der Waals surface area contributed by atoms with Crippen LogP contribution in [-0.2, 0) is 21.4 Å². The van der Waals surface area contributed by atoms with Crippen molar-refractivity contribution in [2.75, 3.05) is 10.6 Å². The normalized spacial score (nSPS) is 12.5. The number of anilines is 1. The van der Waals surface area contributed by atoms with Crippen LogP contribution >= 0.6 is 11.6 Å². The Morgan fingerprint density at radius 3 is 2.26 bits per heavy atom. The summed E-state index contributed by atoms with van der Waals surface area (Å²) in [6, 6.07) is 11.9. The zero-order valence-electron chi connectivity index (χ0n) is 16.0. The molecule has 0 spiro atoms. The van der Waals surface area contributed by atoms with Gasteiger partial charge in [0.05, 0.1) is 11.9 Å². The minimum Gasteiger partial charge on any atom is -0.350 e. The van der Waals surface area contributed by atoms with Gasteiger partial charge in [0, 0.05) is 11.6 Å². The summed E-state index contributed by atoms with van der Waals surface area (Å²) in [5.41, 5.74) is 3.14. The van der Waals surface area contributed by atoms with Gasteiger partial charge in [-0.25, -0.2) is 8.42 Å². The molecule has 1 N–H and O–H groups in total. The average molecular weight is 409 g/mol. The van der Waals surface area contributed by atoms with Crippen molar-refractivity contribution < 1.29 is 13.2 Å². The average Bonchev–Trinajstić information content (AvgIpc) is 2.56. The Kier molecular flexibility index (Phi) is 6.89. The number of sulfonamides is 1. The summed E-state index contributed by atoms with van der Waals surface area (Å²) in [6.45, 7) is 5.82. The van der Waals surface area contributed by atoms with Crippen LogP contribution in [0.3, 0.4) is 0 Å². The van der Waals surface area contributed by atoms with Crippen molar-refractivity contribution in [2.24, 2.45) is 0 Å². The van der Waals surface area contributed by atoms with E-state index >= 15 is 0 Å². The lowest BCUT2D eigenvalue weighted by molar-refractivity contribution is -0.122. The van der Waals surface area contributed by atoms with Crippen LogP contribution < -0.4 is 9.62 Å². The molecule has 1 amide bonds. The summed E-state index contributed by atoms with van der Waals surface area (Å²) in [7, 11) is -3.65. The lowest BCUT2D eigenvalue weighted by Gasteiger charge is -2.30. The zero-order valence-corrected chi connectivity index (χ0v) is 17.6. The van der Waals surface area contributed by atoms with Crippen molar-refractivity contribution in [3.05, 3.63) is 64.2 Å². The molecule has 27 heavy (non-hydrogen) atoms. The molecule has 0 radical (unpaired) electrons. The van der Waals surface area contributed by atoms with E-state index in [1.165, 1.54) is 4.31 Å². The number of rotatable bonds is 7. The van der Waals surface area contributed by atoms with Crippen molar-refractivity contribution in [3.8, 4) is 0 Å². The minimum absolute atomic E-state index is 0.236. The molecule has 0 heterocycles. The van der Waals surface area contributed by atoms with Crippen molar-refractivity contribution >= 4 is 33.2 Å². The first kappa shape index (κ1) is 21.3. The molecule has 0 aliphatic carbocycles. The van der Waals surface area contributed by atoms with Crippen LogP contribution in [-0.4, -0.2) is 26.6 Å². The smallest absolute Gasteiger partial charge is 0.244 e. The second kappa shape index (κ2) is 8.76. The lowest BCUT2D eigenvalue weighted by Crippen LogP contribution is -2.49. The van der Waals surface area contributed by atoms with Gasteiger partial charge >= 0.3 is 0 Å². The molecule has 146 valence electrons. The zero-order chi connectivity index (χ0) is 20.2. The standard InChI is InChI=1S/C20H25ClN2O3S/c1-5-19(20(24)22-13-16-8-6-7-9-18(16)21)23(27(4,25)26)17-11-14(2)10-15(3)12-17/h6-12,19H,5,13H2,1-4H3,(H,22,24)/t19-/m0/s1. The fourth-order valence-electron chi connectivity index (χ4n) is 3.08. The maximum Gasteiger partial charge on any atom is 0.244 e. The quantitative estimate of drug-likeness (QED) is 0.757. The van der Waals surface area contributed by atoms with E-state index in [-0.39, 0.29) is 12.5 Å². The molecule has 7 heteroatoms. The third kappa shape index (κ3) is 5.47. The lowest BCUT2D eigenvalue weighted by atomic mass is 10.1. The number of halogens is 1. The largest absolute Gasteiger partial charge is 0.350 e. The Bertz CT molecular complexity index is 908. The number of hydrogen-bond donors (Lipinski definition) is 1. The van der Waals surface area contributed by atoms with Gasteiger partial charge in [-0.2, -0.15) is 0 Å². The first-order valence-electron chi connectivity index (χ1n) is 8.72. The summed E-state index contributed by atoms with van der Waals surface area (Å²) >= 11 is 6.13. The van der Waals surface area contributed by atoms with Gasteiger partial charge in [0.15, 0.2) is 0 Å². The third-order valence-corrected chi connectivity index (χ3v) is 5.75. The number of benzene rings is 2. The van der Waals surface area contributed by atoms with Gasteiger partial charge in [-0.1, -0.05) is 42.8 Å². The molecular weight excluding hydrogens is 384 g/mol. The molecule has 0 aliphatic heterocycles. The van der Waals surface area contributed by atoms with Gasteiger partial charge in [-0.15, -0.1) is 0 Å². The number of carbonyl (C=O) groups excluding carboxylic acids is 1. The maximum atomic E-state index is 12.8. The number of nitrogens with zero attached hydrogens (tertiary/aromatic N) is 1. The highest BCUT2D eigenvalue weighted by Gasteiger charge is 2.31. The molecule has 0 saturated heterocycles. The highest BCUT2D eigenvalue weighted by atomic mass is 35.5. The number of aryl methyl sites for hydroxylation is 2. The van der Waals surface area contributed by atoms with E-state index < -0.39 is 16.1 Å². The highest BCUT2D eigenvalue weighted by Crippen LogP contribution is 2.25. The number of carbonyl (C=O) groups is 1. The Labute approximate surface area is 166 Å². The van der Waals surface area contributed by atoms with Gasteiger partial charge in [0.25, 0.3) is 0 Å². The topological polar surface area (TPSA) is 66.5 Å². The van der Waals surface area contributed by atoms with E-state index in [0.29, 0.717) is 17.1 Å². The van der Waals surface area contributed by atoms with Crippen molar-refractivity contribution in [1.29, 1.82) is 0 Å². The first-order chi connectivity index (χ1) is 12.6. The molecule has 0 bridgehead atoms. The molecule has 0 saturated carbocycles. The predicted octanol–water partition coefficient (Wildman–Crippen LogP) is 3.82. The van der Waals surface area contributed by atoms with E-state index in [2.05, 4.69) is 5.32 Å². The molecule has 2 aromatic rings. The SMILES string of the molecule is CC[C@@H](C(=O)NCc1ccccc1Cl)N(c1cc(C)cc(C)c1)S(C)(=O)=O. The van der Waals surface area contributed by atoms with Crippen LogP contribution in [0, 0.1) is 13.8 Å². The van der Waals surface area contributed by atoms with E-state index in [0.717, 1.165) is 22.9 Å². The molecule has 2 rings (SSSR count). The van der Waals surface area contributed by atoms with Gasteiger partial charge in [0.1, 0.15) is 6.04 Å². The Morgan fingerprint density at radius 1 is 1.15 bits per heavy atom. The van der Waals surface area contributed by atoms with Crippen LogP contribution in [0.1, 0.15) is 30.0 Å². The fraction of sp³-hybridized carbons (Fsp3) is 0.350. The molecule has 0 aliphatic rings. The number of amides is 1. The van der Waals surface area contributed by atoms with Gasteiger partial charge in [-0.3, -0.25) is 9.10 Å². The van der Waals surface area contributed by atoms with E-state index in [4.69, 9.17) is 11.6 Å². The summed E-state index contributed by atoms with van der Waals surface area (Å²) in [6.07, 6.45) is 1.46. The number of hydrogen-bond acceptors (Lipinski definition) is 3. The minimum atomic E-state index is -3.65. The van der Waals surface area contributed by atoms with Gasteiger partial charge < -0.3 is 5.32 Å². The monoisotopic (exact) mass is 408 g/mol. The Hall–Kier alpha value is -2.05. The number of nitrogens with one attached hydrogen (secondary N) is 1. The first-order valence-corrected chi connectivity index (χ1v) is 10.9. The summed E-state index contributed by atoms with van der Waals surface area (Å²) in [5.74, 6) is -0.359. The molecular formula is C20H25ClN2O3S. The summed E-state index contributed by atoms with van der Waals surface area (Å²) in [4.78, 5) is 12.8. The molecule has 0 unspecified atom stereocenters. The van der Waals surface area contributed by atoms with E-state index in [9.17, 15) is 13.2 Å². The van der Waals surface area contributed by atoms with Crippen LogP contribution in [0.5, 0.6) is 0 Å². The van der Waals surface area contributed by atoms with E-state index in [1.54, 1.807) is 25.1 Å². The van der Waals surface area contributed by atoms with Crippen LogP contribution in [0.15, 0.2) is 42.5 Å². The molecule has 5 nitrogen and oxygen atoms in total. The predicted molar refractivity (Wildman–Crippen MR) is 111 cm³/mol.